The van der Waals surface area contributed by atoms with Crippen molar-refractivity contribution in [3.05, 3.63) is 73.1 Å². The Balaban J connectivity index is 1.59. The highest BCUT2D eigenvalue weighted by atomic mass is 16.5. The molecule has 0 bridgehead atoms. The molecule has 1 aliphatic heterocycles. The molecular weight excluding hydrogens is 372 g/mol. The molecule has 2 N–H and O–H groups in total. The highest BCUT2D eigenvalue weighted by molar-refractivity contribution is 6.07. The summed E-state index contributed by atoms with van der Waals surface area (Å²) in [6, 6.07) is 20.7. The molecule has 150 valence electrons. The Morgan fingerprint density at radius 1 is 0.900 bits per heavy atom. The molecule has 1 aliphatic rings. The number of nitrogens with zero attached hydrogens (tertiary/aromatic N) is 2. The topological polar surface area (TPSA) is 49.4 Å². The van der Waals surface area contributed by atoms with Crippen LogP contribution in [0.2, 0.25) is 0 Å². The van der Waals surface area contributed by atoms with Gasteiger partial charge in [0, 0.05) is 59.8 Å². The van der Waals surface area contributed by atoms with Gasteiger partial charge in [0.2, 0.25) is 0 Å². The van der Waals surface area contributed by atoms with Crippen LogP contribution in [0.1, 0.15) is 13.8 Å². The first kappa shape index (κ1) is 18.3. The van der Waals surface area contributed by atoms with Gasteiger partial charge in [0.15, 0.2) is 11.5 Å². The number of pyridine rings is 1. The molecule has 0 radical (unpaired) electrons. The molecule has 0 saturated heterocycles. The Kier molecular flexibility index (Phi) is 4.64. The van der Waals surface area contributed by atoms with Gasteiger partial charge in [0.1, 0.15) is 0 Å². The molecule has 1 aromatic heterocycles. The van der Waals surface area contributed by atoms with Crippen molar-refractivity contribution in [1.29, 1.82) is 0 Å². The van der Waals surface area contributed by atoms with Crippen LogP contribution >= 0.6 is 0 Å². The van der Waals surface area contributed by atoms with Crippen molar-refractivity contribution in [1.82, 2.24) is 4.98 Å². The zero-order chi connectivity index (χ0) is 20.5. The Bertz CT molecular complexity index is 1200. The van der Waals surface area contributed by atoms with E-state index in [9.17, 15) is 0 Å². The second kappa shape index (κ2) is 7.59. The van der Waals surface area contributed by atoms with Gasteiger partial charge in [0.05, 0.1) is 17.1 Å². The van der Waals surface area contributed by atoms with Gasteiger partial charge in [-0.15, -0.1) is 0 Å². The van der Waals surface area contributed by atoms with E-state index >= 15 is 0 Å². The zero-order valence-corrected chi connectivity index (χ0v) is 17.1. The van der Waals surface area contributed by atoms with Crippen LogP contribution in [-0.2, 0) is 0 Å². The minimum atomic E-state index is 0.814. The van der Waals surface area contributed by atoms with Gasteiger partial charge in [-0.25, -0.2) is 0 Å². The fourth-order valence-corrected chi connectivity index (χ4v) is 3.99. The molecule has 0 fully saturated rings. The van der Waals surface area contributed by atoms with Crippen LogP contribution in [0.5, 0.6) is 11.5 Å². The molecule has 5 rings (SSSR count). The van der Waals surface area contributed by atoms with Crippen molar-refractivity contribution >= 4 is 39.2 Å². The maximum Gasteiger partial charge on any atom is 0.153 e. The van der Waals surface area contributed by atoms with E-state index in [1.165, 1.54) is 5.69 Å². The molecule has 0 unspecified atom stereocenters. The molecule has 0 spiro atoms. The molecule has 3 aromatic carbocycles. The third-order valence-corrected chi connectivity index (χ3v) is 5.54. The lowest BCUT2D eigenvalue weighted by Gasteiger charge is -2.27. The minimum absolute atomic E-state index is 0.814. The molecule has 0 amide bonds. The molecule has 30 heavy (non-hydrogen) atoms. The summed E-state index contributed by atoms with van der Waals surface area (Å²) < 4.78 is 6.40. The predicted octanol–water partition coefficient (Wildman–Crippen LogP) is 6.67. The first-order chi connectivity index (χ1) is 14.8. The number of ether oxygens (including phenoxy) is 1. The van der Waals surface area contributed by atoms with Crippen LogP contribution in [0.3, 0.4) is 0 Å². The van der Waals surface area contributed by atoms with Crippen molar-refractivity contribution in [2.45, 2.75) is 13.8 Å². The van der Waals surface area contributed by atoms with E-state index in [0.717, 1.165) is 58.1 Å². The van der Waals surface area contributed by atoms with Crippen LogP contribution in [0.4, 0.5) is 28.4 Å². The van der Waals surface area contributed by atoms with Crippen molar-refractivity contribution in [3.63, 3.8) is 0 Å². The first-order valence-corrected chi connectivity index (χ1v) is 10.3. The minimum Gasteiger partial charge on any atom is -0.453 e. The highest BCUT2D eigenvalue weighted by Gasteiger charge is 2.21. The van der Waals surface area contributed by atoms with Crippen LogP contribution < -0.4 is 20.3 Å². The van der Waals surface area contributed by atoms with Crippen molar-refractivity contribution in [2.24, 2.45) is 0 Å². The van der Waals surface area contributed by atoms with Gasteiger partial charge in [-0.2, -0.15) is 0 Å². The predicted molar refractivity (Wildman–Crippen MR) is 125 cm³/mol. The van der Waals surface area contributed by atoms with E-state index in [1.54, 1.807) is 12.4 Å². The van der Waals surface area contributed by atoms with Gasteiger partial charge in [-0.3, -0.25) is 4.98 Å². The largest absolute Gasteiger partial charge is 0.453 e. The zero-order valence-electron chi connectivity index (χ0n) is 17.1. The van der Waals surface area contributed by atoms with Crippen LogP contribution in [0, 0.1) is 0 Å². The molecule has 0 saturated carbocycles. The quantitative estimate of drug-likeness (QED) is 0.347. The molecule has 5 heteroatoms. The van der Waals surface area contributed by atoms with E-state index in [4.69, 9.17) is 4.74 Å². The average molecular weight is 396 g/mol. The van der Waals surface area contributed by atoms with Crippen LogP contribution in [-0.4, -0.2) is 18.1 Å². The summed E-state index contributed by atoms with van der Waals surface area (Å²) in [6.07, 6.45) is 3.57. The van der Waals surface area contributed by atoms with Crippen LogP contribution in [0.25, 0.3) is 10.8 Å². The maximum atomic E-state index is 6.40. The van der Waals surface area contributed by atoms with E-state index in [-0.39, 0.29) is 0 Å². The fraction of sp³-hybridized carbons (Fsp3) is 0.160. The number of hydrogen-bond donors (Lipinski definition) is 2. The van der Waals surface area contributed by atoms with Gasteiger partial charge in [-0.1, -0.05) is 24.3 Å². The van der Waals surface area contributed by atoms with E-state index in [1.807, 2.05) is 12.1 Å². The molecule has 5 nitrogen and oxygen atoms in total. The second-order valence-corrected chi connectivity index (χ2v) is 7.28. The summed E-state index contributed by atoms with van der Waals surface area (Å²) in [4.78, 5) is 6.42. The van der Waals surface area contributed by atoms with E-state index in [2.05, 4.69) is 82.9 Å². The summed E-state index contributed by atoms with van der Waals surface area (Å²) in [7, 11) is 0. The first-order valence-electron chi connectivity index (χ1n) is 10.3. The monoisotopic (exact) mass is 396 g/mol. The van der Waals surface area contributed by atoms with E-state index in [0.29, 0.717) is 0 Å². The Labute approximate surface area is 176 Å². The number of fused-ring (bicyclic) bond motifs is 4. The van der Waals surface area contributed by atoms with Gasteiger partial charge >= 0.3 is 0 Å². The lowest BCUT2D eigenvalue weighted by molar-refractivity contribution is 0.482. The molecule has 0 atom stereocenters. The van der Waals surface area contributed by atoms with Gasteiger partial charge in [0.25, 0.3) is 0 Å². The Morgan fingerprint density at radius 2 is 1.67 bits per heavy atom. The van der Waals surface area contributed by atoms with Gasteiger partial charge < -0.3 is 20.3 Å². The summed E-state index contributed by atoms with van der Waals surface area (Å²) in [5, 5.41) is 9.36. The summed E-state index contributed by atoms with van der Waals surface area (Å²) >= 11 is 0. The number of hydrogen-bond acceptors (Lipinski definition) is 5. The molecule has 2 heterocycles. The smallest absolute Gasteiger partial charge is 0.153 e. The highest BCUT2D eigenvalue weighted by Crippen LogP contribution is 2.48. The molecular formula is C25H24N4O. The Morgan fingerprint density at radius 3 is 2.43 bits per heavy atom. The fourth-order valence-electron chi connectivity index (χ4n) is 3.99. The number of aromatic nitrogens is 1. The number of benzene rings is 3. The standard InChI is InChI=1S/C25H24N4O/c1-3-29(4-2)18-9-10-21-23(15-18)30-24-16-22(27-17-11-13-26-14-12-17)19-7-5-6-8-20(19)25(24)28-21/h5-16,28H,3-4H2,1-2H3,(H,26,27). The summed E-state index contributed by atoms with van der Waals surface area (Å²) in [6.45, 7) is 6.26. The average Bonchev–Trinajstić information content (AvgIpc) is 2.79. The summed E-state index contributed by atoms with van der Waals surface area (Å²) in [5.41, 5.74) is 5.14. The maximum absolute atomic E-state index is 6.40. The van der Waals surface area contributed by atoms with Crippen LogP contribution in [0.15, 0.2) is 73.1 Å². The SMILES string of the molecule is CCN(CC)c1ccc2c(c1)Oc1cc(Nc3ccncc3)c3ccccc3c1N2. The second-order valence-electron chi connectivity index (χ2n) is 7.28. The Hall–Kier alpha value is -3.73. The van der Waals surface area contributed by atoms with Crippen molar-refractivity contribution < 1.29 is 4.74 Å². The lowest BCUT2D eigenvalue weighted by atomic mass is 10.0. The number of nitrogens with one attached hydrogen (secondary N) is 2. The van der Waals surface area contributed by atoms with Gasteiger partial charge in [-0.05, 0) is 38.1 Å². The van der Waals surface area contributed by atoms with Crippen molar-refractivity contribution in [3.8, 4) is 11.5 Å². The third-order valence-electron chi connectivity index (χ3n) is 5.54. The summed E-state index contributed by atoms with van der Waals surface area (Å²) in [5.74, 6) is 1.66. The third kappa shape index (κ3) is 3.18. The van der Waals surface area contributed by atoms with E-state index < -0.39 is 0 Å². The van der Waals surface area contributed by atoms with Crippen molar-refractivity contribution in [2.75, 3.05) is 28.6 Å². The normalized spacial score (nSPS) is 11.8. The number of anilines is 5. The number of rotatable bonds is 5. The molecule has 0 aliphatic carbocycles. The lowest BCUT2D eigenvalue weighted by Crippen LogP contribution is -2.21. The molecule has 4 aromatic rings.